The average Bonchev–Trinajstić information content (AvgIpc) is 2.31. The lowest BCUT2D eigenvalue weighted by atomic mass is 10.2. The molecule has 0 aliphatic carbocycles. The van der Waals surface area contributed by atoms with E-state index in [1.165, 1.54) is 5.69 Å². The molecule has 0 radical (unpaired) electrons. The summed E-state index contributed by atoms with van der Waals surface area (Å²) in [5, 5.41) is 3.34. The number of rotatable bonds is 2. The number of aromatic nitrogens is 1. The van der Waals surface area contributed by atoms with Crippen LogP contribution >= 0.6 is 12.4 Å². The highest BCUT2D eigenvalue weighted by Gasteiger charge is 2.13. The summed E-state index contributed by atoms with van der Waals surface area (Å²) in [6.07, 6.45) is 1.76. The van der Waals surface area contributed by atoms with Crippen molar-refractivity contribution in [1.82, 2.24) is 10.3 Å². The van der Waals surface area contributed by atoms with Gasteiger partial charge >= 0.3 is 0 Å². The first-order chi connectivity index (χ1) is 7.31. The van der Waals surface area contributed by atoms with Crippen LogP contribution in [0.15, 0.2) is 12.3 Å². The van der Waals surface area contributed by atoms with E-state index in [0.717, 1.165) is 37.6 Å². The van der Waals surface area contributed by atoms with E-state index in [2.05, 4.69) is 21.3 Å². The number of aryl methyl sites for hydroxylation is 1. The molecule has 0 atom stereocenters. The number of nitrogens with zero attached hydrogens (tertiary/aromatic N) is 2. The third-order valence-electron chi connectivity index (χ3n) is 2.73. The lowest BCUT2D eigenvalue weighted by Crippen LogP contribution is -2.43. The number of hydrogen-bond donors (Lipinski definition) is 1. The van der Waals surface area contributed by atoms with Crippen molar-refractivity contribution >= 4 is 18.1 Å². The second-order valence-corrected chi connectivity index (χ2v) is 3.72. The fourth-order valence-corrected chi connectivity index (χ4v) is 1.84. The maximum absolute atomic E-state index is 5.20. The summed E-state index contributed by atoms with van der Waals surface area (Å²) in [5.74, 6) is 0.828. The molecule has 16 heavy (non-hydrogen) atoms. The Hall–Kier alpha value is -1.00. The van der Waals surface area contributed by atoms with Gasteiger partial charge in [-0.05, 0) is 6.92 Å². The number of ether oxygens (including phenoxy) is 1. The number of methoxy groups -OCH3 is 1. The zero-order chi connectivity index (χ0) is 10.7. The van der Waals surface area contributed by atoms with Gasteiger partial charge in [0, 0.05) is 32.2 Å². The fraction of sp³-hybridized carbons (Fsp3) is 0.545. The predicted molar refractivity (Wildman–Crippen MR) is 67.9 cm³/mol. The van der Waals surface area contributed by atoms with E-state index in [-0.39, 0.29) is 12.4 Å². The van der Waals surface area contributed by atoms with E-state index in [9.17, 15) is 0 Å². The molecule has 0 saturated carbocycles. The number of halogens is 1. The summed E-state index contributed by atoms with van der Waals surface area (Å²) in [7, 11) is 1.67. The van der Waals surface area contributed by atoms with Crippen molar-refractivity contribution in [2.24, 2.45) is 0 Å². The van der Waals surface area contributed by atoms with Crippen molar-refractivity contribution in [2.45, 2.75) is 6.92 Å². The minimum Gasteiger partial charge on any atom is -0.495 e. The molecule has 5 heteroatoms. The smallest absolute Gasteiger partial charge is 0.139 e. The molecule has 2 rings (SSSR count). The molecular weight excluding hydrogens is 226 g/mol. The zero-order valence-corrected chi connectivity index (χ0v) is 10.5. The third kappa shape index (κ3) is 2.77. The van der Waals surface area contributed by atoms with Gasteiger partial charge in [0.2, 0.25) is 0 Å². The topological polar surface area (TPSA) is 37.4 Å². The van der Waals surface area contributed by atoms with E-state index in [1.54, 1.807) is 13.3 Å². The second-order valence-electron chi connectivity index (χ2n) is 3.72. The van der Waals surface area contributed by atoms with Gasteiger partial charge in [-0.15, -0.1) is 12.4 Å². The van der Waals surface area contributed by atoms with Crippen LogP contribution in [0.5, 0.6) is 5.75 Å². The molecule has 1 aromatic rings. The Bertz CT molecular complexity index is 340. The summed E-state index contributed by atoms with van der Waals surface area (Å²) >= 11 is 0. The van der Waals surface area contributed by atoms with Crippen molar-refractivity contribution in [2.75, 3.05) is 38.2 Å². The molecule has 1 aromatic heterocycles. The maximum atomic E-state index is 5.20. The molecule has 0 spiro atoms. The van der Waals surface area contributed by atoms with E-state index >= 15 is 0 Å². The van der Waals surface area contributed by atoms with E-state index in [4.69, 9.17) is 4.74 Å². The molecule has 1 aliphatic heterocycles. The van der Waals surface area contributed by atoms with Gasteiger partial charge in [0.1, 0.15) is 5.75 Å². The predicted octanol–water partition coefficient (Wildman–Crippen LogP) is 1.23. The Morgan fingerprint density at radius 2 is 2.06 bits per heavy atom. The minimum atomic E-state index is 0. The SMILES string of the molecule is COc1cnc(C)c(N2CCNCC2)c1.Cl. The monoisotopic (exact) mass is 243 g/mol. The molecule has 1 N–H and O–H groups in total. The van der Waals surface area contributed by atoms with Crippen molar-refractivity contribution in [3.8, 4) is 5.75 Å². The third-order valence-corrected chi connectivity index (χ3v) is 2.73. The Kier molecular flexibility index (Phi) is 4.83. The first-order valence-electron chi connectivity index (χ1n) is 5.27. The molecule has 4 nitrogen and oxygen atoms in total. The number of hydrogen-bond acceptors (Lipinski definition) is 4. The first-order valence-corrected chi connectivity index (χ1v) is 5.27. The lowest BCUT2D eigenvalue weighted by Gasteiger charge is -2.30. The van der Waals surface area contributed by atoms with Gasteiger partial charge in [0.15, 0.2) is 0 Å². The quantitative estimate of drug-likeness (QED) is 0.848. The number of anilines is 1. The van der Waals surface area contributed by atoms with Crippen LogP contribution in [0, 0.1) is 6.92 Å². The van der Waals surface area contributed by atoms with Crippen molar-refractivity contribution in [3.05, 3.63) is 18.0 Å². The Morgan fingerprint density at radius 1 is 1.38 bits per heavy atom. The maximum Gasteiger partial charge on any atom is 0.139 e. The molecule has 1 fully saturated rings. The highest BCUT2D eigenvalue weighted by atomic mass is 35.5. The molecule has 2 heterocycles. The average molecular weight is 244 g/mol. The molecule has 0 aromatic carbocycles. The van der Waals surface area contributed by atoms with E-state index < -0.39 is 0 Å². The first kappa shape index (κ1) is 13.1. The summed E-state index contributed by atoms with van der Waals surface area (Å²) < 4.78 is 5.20. The van der Waals surface area contributed by atoms with Crippen molar-refractivity contribution in [3.63, 3.8) is 0 Å². The normalized spacial score (nSPS) is 15.5. The fourth-order valence-electron chi connectivity index (χ4n) is 1.84. The Balaban J connectivity index is 0.00000128. The van der Waals surface area contributed by atoms with Crippen LogP contribution in [0.4, 0.5) is 5.69 Å². The summed E-state index contributed by atoms with van der Waals surface area (Å²) in [6, 6.07) is 2.06. The van der Waals surface area contributed by atoms with Gasteiger partial charge in [0.05, 0.1) is 24.7 Å². The minimum absolute atomic E-state index is 0. The molecule has 0 amide bonds. The van der Waals surface area contributed by atoms with Gasteiger partial charge in [-0.3, -0.25) is 4.98 Å². The van der Waals surface area contributed by atoms with Crippen LogP contribution in [0.2, 0.25) is 0 Å². The van der Waals surface area contributed by atoms with Crippen LogP contribution in [0.3, 0.4) is 0 Å². The number of nitrogens with one attached hydrogen (secondary N) is 1. The van der Waals surface area contributed by atoms with Crippen LogP contribution in [0.1, 0.15) is 5.69 Å². The highest BCUT2D eigenvalue weighted by Crippen LogP contribution is 2.23. The van der Waals surface area contributed by atoms with Crippen LogP contribution in [0.25, 0.3) is 0 Å². The van der Waals surface area contributed by atoms with Gasteiger partial charge in [0.25, 0.3) is 0 Å². The van der Waals surface area contributed by atoms with Crippen molar-refractivity contribution in [1.29, 1.82) is 0 Å². The standard InChI is InChI=1S/C11H17N3O.ClH/c1-9-11(7-10(15-2)8-13-9)14-5-3-12-4-6-14;/h7-8,12H,3-6H2,1-2H3;1H. The Morgan fingerprint density at radius 3 is 2.69 bits per heavy atom. The zero-order valence-electron chi connectivity index (χ0n) is 9.69. The molecular formula is C11H18ClN3O. The number of piperazine rings is 1. The van der Waals surface area contributed by atoms with Gasteiger partial charge in [-0.2, -0.15) is 0 Å². The largest absolute Gasteiger partial charge is 0.495 e. The molecule has 1 saturated heterocycles. The van der Waals surface area contributed by atoms with E-state index in [0.29, 0.717) is 0 Å². The van der Waals surface area contributed by atoms with Crippen molar-refractivity contribution < 1.29 is 4.74 Å². The summed E-state index contributed by atoms with van der Waals surface area (Å²) in [6.45, 7) is 6.19. The number of pyridine rings is 1. The molecule has 0 unspecified atom stereocenters. The molecule has 0 bridgehead atoms. The van der Waals surface area contributed by atoms with Gasteiger partial charge in [-0.1, -0.05) is 0 Å². The summed E-state index contributed by atoms with van der Waals surface area (Å²) in [4.78, 5) is 6.69. The summed E-state index contributed by atoms with van der Waals surface area (Å²) in [5.41, 5.74) is 2.26. The van der Waals surface area contributed by atoms with Gasteiger partial charge < -0.3 is 15.0 Å². The molecule has 90 valence electrons. The van der Waals surface area contributed by atoms with Crippen LogP contribution < -0.4 is 15.0 Å². The van der Waals surface area contributed by atoms with E-state index in [1.807, 2.05) is 6.92 Å². The van der Waals surface area contributed by atoms with Crippen LogP contribution in [-0.2, 0) is 0 Å². The highest BCUT2D eigenvalue weighted by molar-refractivity contribution is 5.85. The second kappa shape index (κ2) is 5.92. The molecule has 1 aliphatic rings. The van der Waals surface area contributed by atoms with Crippen LogP contribution in [-0.4, -0.2) is 38.3 Å². The van der Waals surface area contributed by atoms with Gasteiger partial charge in [-0.25, -0.2) is 0 Å². The lowest BCUT2D eigenvalue weighted by molar-refractivity contribution is 0.412. The Labute approximate surface area is 102 Å².